The smallest absolute Gasteiger partial charge is 0.331 e. The zero-order chi connectivity index (χ0) is 18.8. The Morgan fingerprint density at radius 2 is 2.04 bits per heavy atom. The molecule has 0 aromatic heterocycles. The summed E-state index contributed by atoms with van der Waals surface area (Å²) in [5.74, 6) is 2.42. The van der Waals surface area contributed by atoms with Crippen LogP contribution in [0.1, 0.15) is 25.8 Å². The first-order valence-electron chi connectivity index (χ1n) is 9.33. The molecule has 3 rings (SSSR count). The number of benzene rings is 1. The molecule has 1 heterocycles. The van der Waals surface area contributed by atoms with Crippen LogP contribution in [0.25, 0.3) is 6.08 Å². The lowest BCUT2D eigenvalue weighted by molar-refractivity contribution is -0.144. The third kappa shape index (κ3) is 3.88. The van der Waals surface area contributed by atoms with E-state index in [1.165, 1.54) is 13.2 Å². The highest BCUT2D eigenvalue weighted by molar-refractivity contribution is 5.87. The molecule has 2 aliphatic rings. The maximum atomic E-state index is 12.3. The molecule has 5 unspecified atom stereocenters. The Labute approximate surface area is 155 Å². The van der Waals surface area contributed by atoms with Gasteiger partial charge in [-0.1, -0.05) is 19.9 Å². The van der Waals surface area contributed by atoms with E-state index in [0.717, 1.165) is 25.1 Å². The summed E-state index contributed by atoms with van der Waals surface area (Å²) >= 11 is 0. The predicted octanol–water partition coefficient (Wildman–Crippen LogP) is 3.18. The van der Waals surface area contributed by atoms with Gasteiger partial charge in [0.05, 0.1) is 7.11 Å². The van der Waals surface area contributed by atoms with E-state index in [1.807, 2.05) is 0 Å². The Balaban J connectivity index is 1.61. The fraction of sp³-hybridized carbons (Fsp3) is 0.571. The minimum atomic E-state index is -0.312. The Hall–Kier alpha value is -2.01. The fourth-order valence-corrected chi connectivity index (χ4v) is 4.65. The van der Waals surface area contributed by atoms with Crippen LogP contribution in [-0.2, 0) is 9.53 Å². The third-order valence-electron chi connectivity index (χ3n) is 6.05. The molecule has 1 aliphatic heterocycles. The maximum absolute atomic E-state index is 12.3. The van der Waals surface area contributed by atoms with Gasteiger partial charge in [-0.05, 0) is 60.9 Å². The lowest BCUT2D eigenvalue weighted by Crippen LogP contribution is -2.42. The highest BCUT2D eigenvalue weighted by Gasteiger charge is 2.47. The Kier molecular flexibility index (Phi) is 5.56. The first kappa shape index (κ1) is 18.8. The van der Waals surface area contributed by atoms with E-state index in [0.29, 0.717) is 29.4 Å². The fourth-order valence-electron chi connectivity index (χ4n) is 4.65. The van der Waals surface area contributed by atoms with Gasteiger partial charge in [-0.15, -0.1) is 0 Å². The summed E-state index contributed by atoms with van der Waals surface area (Å²) in [5, 5.41) is 9.63. The van der Waals surface area contributed by atoms with Crippen molar-refractivity contribution in [2.45, 2.75) is 26.4 Å². The van der Waals surface area contributed by atoms with Gasteiger partial charge in [0, 0.05) is 19.2 Å². The van der Waals surface area contributed by atoms with Gasteiger partial charge in [0.2, 0.25) is 0 Å². The zero-order valence-corrected chi connectivity index (χ0v) is 16.0. The van der Waals surface area contributed by atoms with Crippen molar-refractivity contribution < 1.29 is 19.4 Å². The molecule has 26 heavy (non-hydrogen) atoms. The molecule has 5 nitrogen and oxygen atoms in total. The van der Waals surface area contributed by atoms with Gasteiger partial charge in [0.1, 0.15) is 6.10 Å². The number of hydrogen-bond donors (Lipinski definition) is 1. The number of carbonyl (C=O) groups is 1. The van der Waals surface area contributed by atoms with Crippen molar-refractivity contribution in [2.75, 3.05) is 27.2 Å². The summed E-state index contributed by atoms with van der Waals surface area (Å²) in [7, 11) is 3.67. The summed E-state index contributed by atoms with van der Waals surface area (Å²) in [4.78, 5) is 14.7. The van der Waals surface area contributed by atoms with Gasteiger partial charge in [0.15, 0.2) is 11.5 Å². The van der Waals surface area contributed by atoms with Gasteiger partial charge < -0.3 is 19.5 Å². The summed E-state index contributed by atoms with van der Waals surface area (Å²) in [5.41, 5.74) is 0.778. The second-order valence-electron chi connectivity index (χ2n) is 7.86. The van der Waals surface area contributed by atoms with Crippen molar-refractivity contribution in [1.82, 2.24) is 4.90 Å². The Morgan fingerprint density at radius 3 is 2.77 bits per heavy atom. The molecule has 0 spiro atoms. The highest BCUT2D eigenvalue weighted by Crippen LogP contribution is 2.45. The van der Waals surface area contributed by atoms with Crippen LogP contribution < -0.4 is 4.74 Å². The molecular weight excluding hydrogens is 330 g/mol. The lowest BCUT2D eigenvalue weighted by atomic mass is 9.79. The second kappa shape index (κ2) is 7.70. The van der Waals surface area contributed by atoms with Gasteiger partial charge in [-0.3, -0.25) is 0 Å². The molecule has 1 aromatic rings. The number of nitrogens with zero attached hydrogens (tertiary/aromatic N) is 1. The standard InChI is InChI=1S/C21H29NO4/c1-13-11-22(3)12-17-14(2)19(10-16(13)17)26-21(24)8-6-15-5-7-18(23)20(9-15)25-4/h5-9,13-14,16-17,19,23H,10-12H2,1-4H3. The van der Waals surface area contributed by atoms with E-state index in [4.69, 9.17) is 9.47 Å². The van der Waals surface area contributed by atoms with E-state index in [-0.39, 0.29) is 17.8 Å². The normalized spacial score (nSPS) is 31.8. The maximum Gasteiger partial charge on any atom is 0.331 e. The topological polar surface area (TPSA) is 59.0 Å². The third-order valence-corrected chi connectivity index (χ3v) is 6.05. The Bertz CT molecular complexity index is 687. The molecule has 142 valence electrons. The molecular formula is C21H29NO4. The quantitative estimate of drug-likeness (QED) is 0.661. The predicted molar refractivity (Wildman–Crippen MR) is 101 cm³/mol. The molecule has 0 amide bonds. The number of phenols is 1. The number of carbonyl (C=O) groups excluding carboxylic acids is 1. The number of rotatable bonds is 4. The largest absolute Gasteiger partial charge is 0.504 e. The molecule has 5 heteroatoms. The van der Waals surface area contributed by atoms with Crippen molar-refractivity contribution in [3.8, 4) is 11.5 Å². The van der Waals surface area contributed by atoms with Crippen LogP contribution in [0.15, 0.2) is 24.3 Å². The molecule has 1 N–H and O–H groups in total. The van der Waals surface area contributed by atoms with Crippen molar-refractivity contribution in [1.29, 1.82) is 0 Å². The monoisotopic (exact) mass is 359 g/mol. The zero-order valence-electron chi connectivity index (χ0n) is 16.0. The Morgan fingerprint density at radius 1 is 1.27 bits per heavy atom. The van der Waals surface area contributed by atoms with Crippen molar-refractivity contribution in [3.05, 3.63) is 29.8 Å². The van der Waals surface area contributed by atoms with E-state index < -0.39 is 0 Å². The number of methoxy groups -OCH3 is 1. The number of ether oxygens (including phenoxy) is 2. The van der Waals surface area contributed by atoms with E-state index in [9.17, 15) is 9.90 Å². The van der Waals surface area contributed by atoms with Crippen molar-refractivity contribution >= 4 is 12.0 Å². The van der Waals surface area contributed by atoms with E-state index in [2.05, 4.69) is 25.8 Å². The first-order valence-corrected chi connectivity index (χ1v) is 9.33. The summed E-state index contributed by atoms with van der Waals surface area (Å²) in [6, 6.07) is 4.96. The number of esters is 1. The molecule has 1 saturated heterocycles. The molecule has 0 radical (unpaired) electrons. The SMILES string of the molecule is COc1cc(C=CC(=O)OC2CC3C(C)CN(C)CC3C2C)ccc1O. The molecule has 2 fully saturated rings. The van der Waals surface area contributed by atoms with Crippen LogP contribution in [0.5, 0.6) is 11.5 Å². The summed E-state index contributed by atoms with van der Waals surface area (Å²) in [6.45, 7) is 6.73. The molecule has 0 bridgehead atoms. The van der Waals surface area contributed by atoms with Crippen LogP contribution in [0.3, 0.4) is 0 Å². The number of likely N-dealkylation sites (tertiary alicyclic amines) is 1. The van der Waals surface area contributed by atoms with Gasteiger partial charge >= 0.3 is 5.97 Å². The summed E-state index contributed by atoms with van der Waals surface area (Å²) < 4.78 is 10.9. The molecule has 1 aliphatic carbocycles. The van der Waals surface area contributed by atoms with Gasteiger partial charge in [-0.2, -0.15) is 0 Å². The molecule has 1 saturated carbocycles. The van der Waals surface area contributed by atoms with Gasteiger partial charge in [0.25, 0.3) is 0 Å². The van der Waals surface area contributed by atoms with E-state index in [1.54, 1.807) is 24.3 Å². The van der Waals surface area contributed by atoms with E-state index >= 15 is 0 Å². The number of phenolic OH excluding ortho intramolecular Hbond substituents is 1. The number of fused-ring (bicyclic) bond motifs is 1. The van der Waals surface area contributed by atoms with Crippen LogP contribution in [-0.4, -0.2) is 49.3 Å². The van der Waals surface area contributed by atoms with Crippen LogP contribution in [0.4, 0.5) is 0 Å². The second-order valence-corrected chi connectivity index (χ2v) is 7.86. The van der Waals surface area contributed by atoms with Crippen molar-refractivity contribution in [3.63, 3.8) is 0 Å². The highest BCUT2D eigenvalue weighted by atomic mass is 16.5. The minimum Gasteiger partial charge on any atom is -0.504 e. The lowest BCUT2D eigenvalue weighted by Gasteiger charge is -2.38. The average Bonchev–Trinajstić information content (AvgIpc) is 2.91. The molecule has 5 atom stereocenters. The van der Waals surface area contributed by atoms with Crippen molar-refractivity contribution in [2.24, 2.45) is 23.7 Å². The number of piperidine rings is 1. The number of hydrogen-bond acceptors (Lipinski definition) is 5. The minimum absolute atomic E-state index is 0.00884. The first-order chi connectivity index (χ1) is 12.4. The number of aromatic hydroxyl groups is 1. The van der Waals surface area contributed by atoms with Crippen LogP contribution in [0.2, 0.25) is 0 Å². The summed E-state index contributed by atoms with van der Waals surface area (Å²) in [6.07, 6.45) is 4.10. The average molecular weight is 359 g/mol. The van der Waals surface area contributed by atoms with Crippen LogP contribution in [0, 0.1) is 23.7 Å². The van der Waals surface area contributed by atoms with Crippen LogP contribution >= 0.6 is 0 Å². The van der Waals surface area contributed by atoms with Gasteiger partial charge in [-0.25, -0.2) is 4.79 Å². The molecule has 1 aromatic carbocycles.